The highest BCUT2D eigenvalue weighted by Gasteiger charge is 2.39. The van der Waals surface area contributed by atoms with Crippen LogP contribution in [0.25, 0.3) is 0 Å². The third-order valence-electron chi connectivity index (χ3n) is 6.10. The first-order valence-corrected chi connectivity index (χ1v) is 10.4. The van der Waals surface area contributed by atoms with Crippen LogP contribution in [0.2, 0.25) is 0 Å². The Kier molecular flexibility index (Phi) is 4.80. The van der Waals surface area contributed by atoms with E-state index >= 15 is 0 Å². The molecule has 30 heavy (non-hydrogen) atoms. The standard InChI is InChI=1S/C27H22O3/c28-23(19-11-5-2-6-12-19)17-22-21-13-7-8-14-25(21)30-26-16-20(15-24(29)27(22)26)18-9-3-1-4-10-18/h1-14,20,22H,15-17H2. The summed E-state index contributed by atoms with van der Waals surface area (Å²) in [7, 11) is 0. The maximum atomic E-state index is 13.3. The number of carbonyl (C=O) groups is 2. The van der Waals surface area contributed by atoms with E-state index in [1.807, 2.05) is 72.8 Å². The van der Waals surface area contributed by atoms with Gasteiger partial charge in [-0.25, -0.2) is 0 Å². The van der Waals surface area contributed by atoms with Crippen LogP contribution in [-0.2, 0) is 4.79 Å². The maximum absolute atomic E-state index is 13.3. The number of benzene rings is 3. The molecule has 1 heterocycles. The summed E-state index contributed by atoms with van der Waals surface area (Å²) in [5.74, 6) is 1.45. The Morgan fingerprint density at radius 2 is 1.50 bits per heavy atom. The molecule has 0 N–H and O–H groups in total. The fourth-order valence-corrected chi connectivity index (χ4v) is 4.63. The number of rotatable bonds is 4. The molecular weight excluding hydrogens is 372 g/mol. The second kappa shape index (κ2) is 7.75. The minimum Gasteiger partial charge on any atom is -0.461 e. The topological polar surface area (TPSA) is 43.4 Å². The van der Waals surface area contributed by atoms with Gasteiger partial charge in [0, 0.05) is 41.9 Å². The van der Waals surface area contributed by atoms with Gasteiger partial charge in [0.1, 0.15) is 11.5 Å². The molecule has 3 heteroatoms. The van der Waals surface area contributed by atoms with Gasteiger partial charge in [0.15, 0.2) is 11.6 Å². The van der Waals surface area contributed by atoms with Crippen LogP contribution in [0.4, 0.5) is 0 Å². The van der Waals surface area contributed by atoms with Crippen molar-refractivity contribution >= 4 is 11.6 Å². The Labute approximate surface area is 176 Å². The van der Waals surface area contributed by atoms with Crippen LogP contribution >= 0.6 is 0 Å². The van der Waals surface area contributed by atoms with E-state index < -0.39 is 0 Å². The zero-order chi connectivity index (χ0) is 20.5. The third kappa shape index (κ3) is 3.37. The van der Waals surface area contributed by atoms with Crippen LogP contribution in [0.5, 0.6) is 5.75 Å². The molecule has 0 bridgehead atoms. The summed E-state index contributed by atoms with van der Waals surface area (Å²) in [6.45, 7) is 0. The number of fused-ring (bicyclic) bond motifs is 1. The number of hydrogen-bond acceptors (Lipinski definition) is 3. The normalized spacial score (nSPS) is 20.2. The monoisotopic (exact) mass is 394 g/mol. The van der Waals surface area contributed by atoms with E-state index in [4.69, 9.17) is 4.74 Å². The van der Waals surface area contributed by atoms with Gasteiger partial charge in [0.25, 0.3) is 0 Å². The van der Waals surface area contributed by atoms with Gasteiger partial charge in [-0.2, -0.15) is 0 Å². The van der Waals surface area contributed by atoms with E-state index in [1.165, 1.54) is 0 Å². The molecule has 0 radical (unpaired) electrons. The van der Waals surface area contributed by atoms with Gasteiger partial charge in [-0.3, -0.25) is 9.59 Å². The molecule has 0 amide bonds. The molecule has 2 atom stereocenters. The molecule has 5 rings (SSSR count). The average molecular weight is 394 g/mol. The van der Waals surface area contributed by atoms with Gasteiger partial charge in [0.2, 0.25) is 0 Å². The summed E-state index contributed by atoms with van der Waals surface area (Å²) in [5, 5.41) is 0. The number of hydrogen-bond donors (Lipinski definition) is 0. The van der Waals surface area contributed by atoms with E-state index in [0.29, 0.717) is 24.0 Å². The number of carbonyl (C=O) groups excluding carboxylic acids is 2. The molecule has 3 aromatic carbocycles. The molecule has 0 spiro atoms. The highest BCUT2D eigenvalue weighted by Crippen LogP contribution is 2.47. The second-order valence-corrected chi connectivity index (χ2v) is 7.96. The summed E-state index contributed by atoms with van der Waals surface area (Å²) in [6, 6.07) is 27.2. The van der Waals surface area contributed by atoms with E-state index in [-0.39, 0.29) is 29.8 Å². The first-order valence-electron chi connectivity index (χ1n) is 10.4. The van der Waals surface area contributed by atoms with E-state index in [0.717, 1.165) is 22.6 Å². The van der Waals surface area contributed by atoms with Crippen molar-refractivity contribution in [1.82, 2.24) is 0 Å². The molecule has 0 saturated heterocycles. The van der Waals surface area contributed by atoms with Crippen LogP contribution in [0, 0.1) is 0 Å². The van der Waals surface area contributed by atoms with Crippen LogP contribution in [0.1, 0.15) is 52.6 Å². The van der Waals surface area contributed by atoms with Crippen molar-refractivity contribution < 1.29 is 14.3 Å². The van der Waals surface area contributed by atoms with Gasteiger partial charge < -0.3 is 4.74 Å². The number of allylic oxidation sites excluding steroid dienone is 2. The highest BCUT2D eigenvalue weighted by molar-refractivity contribution is 6.02. The Morgan fingerprint density at radius 1 is 0.833 bits per heavy atom. The number of Topliss-reactive ketones (excluding diaryl/α,β-unsaturated/α-hetero) is 2. The van der Waals surface area contributed by atoms with Gasteiger partial charge in [-0.15, -0.1) is 0 Å². The fourth-order valence-electron chi connectivity index (χ4n) is 4.63. The quantitative estimate of drug-likeness (QED) is 0.523. The van der Waals surface area contributed by atoms with Crippen molar-refractivity contribution in [2.75, 3.05) is 0 Å². The predicted octanol–water partition coefficient (Wildman–Crippen LogP) is 5.84. The summed E-state index contributed by atoms with van der Waals surface area (Å²) < 4.78 is 6.22. The molecule has 1 aliphatic heterocycles. The molecule has 0 saturated carbocycles. The SMILES string of the molecule is O=C1CC(c2ccccc2)CC2=C1C(CC(=O)c1ccccc1)c1ccccc1O2. The second-order valence-electron chi connectivity index (χ2n) is 7.96. The van der Waals surface area contributed by atoms with Crippen molar-refractivity contribution in [3.8, 4) is 5.75 Å². The summed E-state index contributed by atoms with van der Waals surface area (Å²) in [5.41, 5.74) is 3.43. The van der Waals surface area contributed by atoms with Crippen molar-refractivity contribution in [2.24, 2.45) is 0 Å². The minimum atomic E-state index is -0.262. The Hall–Kier alpha value is -3.46. The largest absolute Gasteiger partial charge is 0.461 e. The van der Waals surface area contributed by atoms with Crippen LogP contribution < -0.4 is 4.74 Å². The zero-order valence-electron chi connectivity index (χ0n) is 16.6. The number of ether oxygens (including phenoxy) is 1. The fraction of sp³-hybridized carbons (Fsp3) is 0.185. The lowest BCUT2D eigenvalue weighted by Gasteiger charge is -2.35. The lowest BCUT2D eigenvalue weighted by molar-refractivity contribution is -0.117. The van der Waals surface area contributed by atoms with Gasteiger partial charge in [-0.1, -0.05) is 78.9 Å². The van der Waals surface area contributed by atoms with Crippen molar-refractivity contribution in [3.63, 3.8) is 0 Å². The molecule has 148 valence electrons. The van der Waals surface area contributed by atoms with Crippen molar-refractivity contribution in [2.45, 2.75) is 31.1 Å². The molecule has 3 nitrogen and oxygen atoms in total. The van der Waals surface area contributed by atoms with Gasteiger partial charge in [0.05, 0.1) is 0 Å². The van der Waals surface area contributed by atoms with E-state index in [9.17, 15) is 9.59 Å². The lowest BCUT2D eigenvalue weighted by atomic mass is 9.74. The lowest BCUT2D eigenvalue weighted by Crippen LogP contribution is -2.29. The van der Waals surface area contributed by atoms with E-state index in [2.05, 4.69) is 12.1 Å². The van der Waals surface area contributed by atoms with Crippen LogP contribution in [0.3, 0.4) is 0 Å². The first kappa shape index (κ1) is 18.6. The predicted molar refractivity (Wildman–Crippen MR) is 116 cm³/mol. The van der Waals surface area contributed by atoms with Gasteiger partial charge in [-0.05, 0) is 17.5 Å². The third-order valence-corrected chi connectivity index (χ3v) is 6.10. The summed E-state index contributed by atoms with van der Waals surface area (Å²) in [6.07, 6.45) is 1.39. The zero-order valence-corrected chi connectivity index (χ0v) is 16.6. The number of ketones is 2. The summed E-state index contributed by atoms with van der Waals surface area (Å²) in [4.78, 5) is 26.3. The first-order chi connectivity index (χ1) is 14.7. The van der Waals surface area contributed by atoms with Crippen molar-refractivity contribution in [1.29, 1.82) is 0 Å². The van der Waals surface area contributed by atoms with E-state index in [1.54, 1.807) is 0 Å². The molecule has 1 aliphatic carbocycles. The average Bonchev–Trinajstić information content (AvgIpc) is 2.79. The Balaban J connectivity index is 1.52. The maximum Gasteiger partial charge on any atom is 0.163 e. The molecule has 2 aliphatic rings. The number of para-hydroxylation sites is 1. The Morgan fingerprint density at radius 3 is 2.27 bits per heavy atom. The van der Waals surface area contributed by atoms with Crippen LogP contribution in [0.15, 0.2) is 96.3 Å². The molecule has 0 fully saturated rings. The van der Waals surface area contributed by atoms with Crippen LogP contribution in [-0.4, -0.2) is 11.6 Å². The highest BCUT2D eigenvalue weighted by atomic mass is 16.5. The molecule has 2 unspecified atom stereocenters. The summed E-state index contributed by atoms with van der Waals surface area (Å²) >= 11 is 0. The van der Waals surface area contributed by atoms with Crippen molar-refractivity contribution in [3.05, 3.63) is 113 Å². The molecular formula is C27H22O3. The molecule has 3 aromatic rings. The smallest absolute Gasteiger partial charge is 0.163 e. The van der Waals surface area contributed by atoms with Gasteiger partial charge >= 0.3 is 0 Å². The minimum absolute atomic E-state index is 0.0436. The Bertz CT molecular complexity index is 1130. The molecule has 0 aromatic heterocycles.